The second kappa shape index (κ2) is 6.44. The van der Waals surface area contributed by atoms with Gasteiger partial charge >= 0.3 is 0 Å². The monoisotopic (exact) mass is 347 g/mol. The number of hydrogen-bond acceptors (Lipinski definition) is 5. The van der Waals surface area contributed by atoms with Gasteiger partial charge in [0.1, 0.15) is 17.4 Å². The summed E-state index contributed by atoms with van der Waals surface area (Å²) in [7, 11) is 0. The molecule has 3 heterocycles. The van der Waals surface area contributed by atoms with Crippen LogP contribution in [-0.2, 0) is 9.53 Å². The minimum atomic E-state index is -0.439. The molecular weight excluding hydrogens is 322 g/mol. The Labute approximate surface area is 146 Å². The second-order valence-corrected chi connectivity index (χ2v) is 7.55. The summed E-state index contributed by atoms with van der Waals surface area (Å²) in [5, 5.41) is 4.11. The van der Waals surface area contributed by atoms with Crippen molar-refractivity contribution in [2.75, 3.05) is 13.1 Å². The number of nitrogens with two attached hydrogens (primary N) is 1. The van der Waals surface area contributed by atoms with Crippen molar-refractivity contribution in [2.24, 2.45) is 11.7 Å². The fourth-order valence-electron chi connectivity index (χ4n) is 4.14. The zero-order chi connectivity index (χ0) is 17.6. The number of ether oxygens (including phenoxy) is 1. The third kappa shape index (κ3) is 3.17. The van der Waals surface area contributed by atoms with Crippen LogP contribution in [0.4, 0.5) is 0 Å². The zero-order valence-corrected chi connectivity index (χ0v) is 14.6. The fourth-order valence-corrected chi connectivity index (χ4v) is 4.14. The Bertz CT molecular complexity index is 674. The van der Waals surface area contributed by atoms with Crippen LogP contribution in [0.1, 0.15) is 66.3 Å². The maximum absolute atomic E-state index is 12.9. The van der Waals surface area contributed by atoms with Crippen molar-refractivity contribution >= 4 is 11.8 Å². The molecule has 3 aliphatic rings. The van der Waals surface area contributed by atoms with Crippen molar-refractivity contribution in [3.05, 3.63) is 17.0 Å². The van der Waals surface area contributed by atoms with Gasteiger partial charge in [-0.1, -0.05) is 5.16 Å². The summed E-state index contributed by atoms with van der Waals surface area (Å²) < 4.78 is 11.1. The van der Waals surface area contributed by atoms with Crippen molar-refractivity contribution in [1.29, 1.82) is 0 Å². The first-order chi connectivity index (χ1) is 12.0. The van der Waals surface area contributed by atoms with Crippen LogP contribution in [0.2, 0.25) is 0 Å². The normalized spacial score (nSPS) is 27.6. The molecule has 2 aliphatic heterocycles. The summed E-state index contributed by atoms with van der Waals surface area (Å²) >= 11 is 0. The average molecular weight is 347 g/mol. The second-order valence-electron chi connectivity index (χ2n) is 7.55. The van der Waals surface area contributed by atoms with Crippen molar-refractivity contribution < 1.29 is 18.8 Å². The summed E-state index contributed by atoms with van der Waals surface area (Å²) in [6, 6.07) is 0. The first kappa shape index (κ1) is 16.6. The van der Waals surface area contributed by atoms with Gasteiger partial charge in [0.05, 0.1) is 11.8 Å². The molecule has 1 aromatic heterocycles. The summed E-state index contributed by atoms with van der Waals surface area (Å²) in [6.07, 6.45) is 5.21. The Morgan fingerprint density at radius 1 is 1.12 bits per heavy atom. The highest BCUT2D eigenvalue weighted by Crippen LogP contribution is 2.42. The molecule has 0 spiro atoms. The number of carbonyl (C=O) groups excluding carboxylic acids is 2. The van der Waals surface area contributed by atoms with Crippen LogP contribution < -0.4 is 5.73 Å². The Balaban J connectivity index is 1.37. The van der Waals surface area contributed by atoms with E-state index in [2.05, 4.69) is 5.16 Å². The van der Waals surface area contributed by atoms with Gasteiger partial charge in [-0.15, -0.1) is 0 Å². The number of aryl methyl sites for hydroxylation is 1. The Kier molecular flexibility index (Phi) is 4.27. The number of aromatic nitrogens is 1. The van der Waals surface area contributed by atoms with Crippen molar-refractivity contribution in [2.45, 2.75) is 63.6 Å². The van der Waals surface area contributed by atoms with E-state index in [0.29, 0.717) is 42.7 Å². The molecule has 4 rings (SSSR count). The molecule has 25 heavy (non-hydrogen) atoms. The smallest absolute Gasteiger partial charge is 0.259 e. The van der Waals surface area contributed by atoms with Crippen molar-refractivity contribution in [3.8, 4) is 0 Å². The number of amides is 2. The van der Waals surface area contributed by atoms with Crippen LogP contribution in [-0.4, -0.2) is 47.2 Å². The predicted molar refractivity (Wildman–Crippen MR) is 88.9 cm³/mol. The molecule has 2 N–H and O–H groups in total. The quantitative estimate of drug-likeness (QED) is 0.894. The molecule has 0 unspecified atom stereocenters. The molecule has 2 amide bonds. The average Bonchev–Trinajstić information content (AvgIpc) is 3.19. The molecule has 3 fully saturated rings. The minimum absolute atomic E-state index is 0.0430. The molecule has 136 valence electrons. The van der Waals surface area contributed by atoms with Gasteiger partial charge in [-0.2, -0.15) is 0 Å². The minimum Gasteiger partial charge on any atom is -0.367 e. The van der Waals surface area contributed by atoms with Crippen molar-refractivity contribution in [3.63, 3.8) is 0 Å². The number of piperidine rings is 1. The number of nitrogens with zero attached hydrogens (tertiary/aromatic N) is 2. The lowest BCUT2D eigenvalue weighted by Crippen LogP contribution is -2.42. The summed E-state index contributed by atoms with van der Waals surface area (Å²) in [5.74, 6) is 1.08. The Morgan fingerprint density at radius 3 is 2.44 bits per heavy atom. The largest absolute Gasteiger partial charge is 0.367 e. The molecule has 2 atom stereocenters. The predicted octanol–water partition coefficient (Wildman–Crippen LogP) is 1.75. The first-order valence-electron chi connectivity index (χ1n) is 9.24. The van der Waals surface area contributed by atoms with E-state index in [1.807, 2.05) is 11.8 Å². The Morgan fingerprint density at radius 2 is 1.84 bits per heavy atom. The van der Waals surface area contributed by atoms with Crippen LogP contribution in [0.5, 0.6) is 0 Å². The van der Waals surface area contributed by atoms with E-state index in [9.17, 15) is 9.59 Å². The summed E-state index contributed by atoms with van der Waals surface area (Å²) in [5.41, 5.74) is 6.85. The molecule has 0 radical (unpaired) electrons. The zero-order valence-electron chi connectivity index (χ0n) is 14.6. The van der Waals surface area contributed by atoms with E-state index < -0.39 is 6.10 Å². The molecule has 1 aromatic rings. The number of rotatable bonds is 4. The van der Waals surface area contributed by atoms with Crippen LogP contribution in [0, 0.1) is 12.8 Å². The molecule has 7 nitrogen and oxygen atoms in total. The van der Waals surface area contributed by atoms with E-state index in [1.54, 1.807) is 0 Å². The van der Waals surface area contributed by atoms with Gasteiger partial charge in [0.25, 0.3) is 5.91 Å². The Hall–Kier alpha value is -1.89. The fraction of sp³-hybridized carbons (Fsp3) is 0.722. The topological polar surface area (TPSA) is 98.7 Å². The van der Waals surface area contributed by atoms with Gasteiger partial charge in [0.15, 0.2) is 0 Å². The SMILES string of the molecule is Cc1onc(C2CC2)c1C(=O)N1CCC([C@@H]2CC[C@H](C(N)=O)O2)CC1. The third-order valence-corrected chi connectivity index (χ3v) is 5.79. The van der Waals surface area contributed by atoms with E-state index >= 15 is 0 Å². The standard InChI is InChI=1S/C18H25N3O4/c1-10-15(16(20-25-10)12-2-3-12)18(23)21-8-6-11(7-9-21)13-4-5-14(24-13)17(19)22/h11-14H,2-9H2,1H3,(H2,19,22)/t13-,14+/m0/s1. The van der Waals surface area contributed by atoms with Crippen LogP contribution >= 0.6 is 0 Å². The van der Waals surface area contributed by atoms with E-state index in [-0.39, 0.29) is 17.9 Å². The maximum atomic E-state index is 12.9. The molecule has 7 heteroatoms. The summed E-state index contributed by atoms with van der Waals surface area (Å²) in [6.45, 7) is 3.23. The molecular formula is C18H25N3O4. The number of likely N-dealkylation sites (tertiary alicyclic amines) is 1. The van der Waals surface area contributed by atoms with Gasteiger partial charge in [-0.05, 0) is 51.4 Å². The van der Waals surface area contributed by atoms with E-state index in [0.717, 1.165) is 37.8 Å². The van der Waals surface area contributed by atoms with Gasteiger partial charge in [-0.3, -0.25) is 9.59 Å². The number of primary amides is 1. The summed E-state index contributed by atoms with van der Waals surface area (Å²) in [4.78, 5) is 26.1. The van der Waals surface area contributed by atoms with Gasteiger partial charge < -0.3 is 19.9 Å². The highest BCUT2D eigenvalue weighted by atomic mass is 16.5. The third-order valence-electron chi connectivity index (χ3n) is 5.79. The molecule has 1 aliphatic carbocycles. The highest BCUT2D eigenvalue weighted by molar-refractivity contribution is 5.96. The lowest BCUT2D eigenvalue weighted by molar-refractivity contribution is -0.130. The van der Waals surface area contributed by atoms with Gasteiger partial charge in [0.2, 0.25) is 5.91 Å². The van der Waals surface area contributed by atoms with Crippen LogP contribution in [0.15, 0.2) is 4.52 Å². The molecule has 1 saturated carbocycles. The van der Waals surface area contributed by atoms with E-state index in [1.165, 1.54) is 0 Å². The van der Waals surface area contributed by atoms with E-state index in [4.69, 9.17) is 15.0 Å². The lowest BCUT2D eigenvalue weighted by Gasteiger charge is -2.34. The molecule has 0 bridgehead atoms. The van der Waals surface area contributed by atoms with Crippen LogP contribution in [0.3, 0.4) is 0 Å². The van der Waals surface area contributed by atoms with Gasteiger partial charge in [0, 0.05) is 19.0 Å². The number of hydrogen-bond donors (Lipinski definition) is 1. The highest BCUT2D eigenvalue weighted by Gasteiger charge is 2.39. The number of carbonyl (C=O) groups is 2. The van der Waals surface area contributed by atoms with Crippen molar-refractivity contribution in [1.82, 2.24) is 10.1 Å². The molecule has 2 saturated heterocycles. The van der Waals surface area contributed by atoms with Crippen LogP contribution in [0.25, 0.3) is 0 Å². The lowest BCUT2D eigenvalue weighted by atomic mass is 9.89. The maximum Gasteiger partial charge on any atom is 0.259 e. The van der Waals surface area contributed by atoms with Gasteiger partial charge in [-0.25, -0.2) is 0 Å². The molecule has 0 aromatic carbocycles. The first-order valence-corrected chi connectivity index (χ1v) is 9.24.